The number of rotatable bonds is 9. The summed E-state index contributed by atoms with van der Waals surface area (Å²) in [4.78, 5) is 43.3. The maximum Gasteiger partial charge on any atom is 0.243 e. The van der Waals surface area contributed by atoms with Gasteiger partial charge in [-0.15, -0.1) is 0 Å². The molecule has 9 nitrogen and oxygen atoms in total. The molecule has 1 heterocycles. The predicted octanol–water partition coefficient (Wildman–Crippen LogP) is 3.76. The van der Waals surface area contributed by atoms with E-state index < -0.39 is 6.04 Å². The lowest BCUT2D eigenvalue weighted by Crippen LogP contribution is -2.62. The molecule has 266 valence electrons. The van der Waals surface area contributed by atoms with Gasteiger partial charge >= 0.3 is 0 Å². The second-order valence-electron chi connectivity index (χ2n) is 16.9. The Bertz CT molecular complexity index is 1300. The molecule has 5 aliphatic rings. The van der Waals surface area contributed by atoms with Gasteiger partial charge in [0.15, 0.2) is 0 Å². The highest BCUT2D eigenvalue weighted by Gasteiger charge is 2.61. The second-order valence-corrected chi connectivity index (χ2v) is 16.9. The lowest BCUT2D eigenvalue weighted by molar-refractivity contribution is -0.156. The summed E-state index contributed by atoms with van der Waals surface area (Å²) < 4.78 is 0. The molecule has 1 aromatic rings. The predicted molar refractivity (Wildman–Crippen MR) is 186 cm³/mol. The van der Waals surface area contributed by atoms with Gasteiger partial charge in [-0.1, -0.05) is 58.0 Å². The lowest BCUT2D eigenvalue weighted by Gasteiger charge is -2.62. The molecule has 0 unspecified atom stereocenters. The van der Waals surface area contributed by atoms with Gasteiger partial charge in [-0.2, -0.15) is 0 Å². The van der Waals surface area contributed by atoms with Crippen molar-refractivity contribution < 1.29 is 24.6 Å². The summed E-state index contributed by atoms with van der Waals surface area (Å²) in [5, 5.41) is 28.0. The first-order valence-electron chi connectivity index (χ1n) is 18.9. The smallest absolute Gasteiger partial charge is 0.243 e. The van der Waals surface area contributed by atoms with E-state index in [1.165, 1.54) is 19.3 Å². The van der Waals surface area contributed by atoms with E-state index in [1.807, 2.05) is 49.1 Å². The first kappa shape index (κ1) is 35.3. The molecule has 4 N–H and O–H groups in total. The Morgan fingerprint density at radius 3 is 2.33 bits per heavy atom. The number of nitrogens with one attached hydrogen (secondary N) is 2. The first-order chi connectivity index (χ1) is 22.9. The molecule has 10 atom stereocenters. The van der Waals surface area contributed by atoms with Gasteiger partial charge in [0.25, 0.3) is 0 Å². The fraction of sp³-hybridized carbons (Fsp3) is 0.769. The molecular formula is C39H60N4O5. The van der Waals surface area contributed by atoms with Crippen LogP contribution in [0.5, 0.6) is 0 Å². The molecule has 6 rings (SSSR count). The molecule has 1 aromatic carbocycles. The number of nitrogens with zero attached hydrogens (tertiary/aromatic N) is 2. The lowest BCUT2D eigenvalue weighted by atomic mass is 9.44. The Morgan fingerprint density at radius 2 is 1.62 bits per heavy atom. The molecule has 3 amide bonds. The van der Waals surface area contributed by atoms with Gasteiger partial charge in [0.05, 0.1) is 25.2 Å². The topological polar surface area (TPSA) is 122 Å². The quantitative estimate of drug-likeness (QED) is 0.319. The van der Waals surface area contributed by atoms with Gasteiger partial charge in [-0.3, -0.25) is 19.3 Å². The molecule has 0 spiro atoms. The Balaban J connectivity index is 1.00. The highest BCUT2D eigenvalue weighted by atomic mass is 16.3. The van der Waals surface area contributed by atoms with Crippen molar-refractivity contribution in [1.29, 1.82) is 0 Å². The SMILES string of the molecule is CC(C)C[C@H](NC(=O)Cc1ccccc1)C(=O)NCC(=O)N1CCN([C@H]2C[C@@]3(C)[C@@H](CC[C@@H]4[C@@H]3CC[C@]3(C)[C@@H](O)CC[C@@H]43)C[C@@H]2O)CC1. The highest BCUT2D eigenvalue weighted by molar-refractivity contribution is 5.91. The average molecular weight is 665 g/mol. The van der Waals surface area contributed by atoms with Crippen molar-refractivity contribution in [3.63, 3.8) is 0 Å². The summed E-state index contributed by atoms with van der Waals surface area (Å²) in [6.45, 7) is 11.4. The third kappa shape index (κ3) is 7.06. The van der Waals surface area contributed by atoms with Crippen LogP contribution >= 0.6 is 0 Å². The van der Waals surface area contributed by atoms with Gasteiger partial charge in [-0.05, 0) is 104 Å². The number of hydrogen-bond acceptors (Lipinski definition) is 6. The van der Waals surface area contributed by atoms with Gasteiger partial charge < -0.3 is 25.7 Å². The maximum atomic E-state index is 13.2. The molecule has 9 heteroatoms. The highest BCUT2D eigenvalue weighted by Crippen LogP contribution is 2.66. The molecule has 0 radical (unpaired) electrons. The van der Waals surface area contributed by atoms with E-state index in [0.29, 0.717) is 56.3 Å². The van der Waals surface area contributed by atoms with Crippen molar-refractivity contribution in [2.45, 2.75) is 116 Å². The summed E-state index contributed by atoms with van der Waals surface area (Å²) >= 11 is 0. The number of benzene rings is 1. The van der Waals surface area contributed by atoms with E-state index in [4.69, 9.17) is 0 Å². The largest absolute Gasteiger partial charge is 0.393 e. The molecule has 1 aliphatic heterocycles. The van der Waals surface area contributed by atoms with Crippen molar-refractivity contribution in [3.05, 3.63) is 35.9 Å². The summed E-state index contributed by atoms with van der Waals surface area (Å²) in [5.74, 6) is 2.05. The monoisotopic (exact) mass is 664 g/mol. The molecule has 5 fully saturated rings. The van der Waals surface area contributed by atoms with Crippen molar-refractivity contribution in [1.82, 2.24) is 20.4 Å². The zero-order valence-electron chi connectivity index (χ0n) is 29.7. The molecule has 4 saturated carbocycles. The normalized spacial score (nSPS) is 37.2. The number of fused-ring (bicyclic) bond motifs is 5. The average Bonchev–Trinajstić information content (AvgIpc) is 3.37. The fourth-order valence-electron chi connectivity index (χ4n) is 11.1. The van der Waals surface area contributed by atoms with E-state index in [1.54, 1.807) is 0 Å². The van der Waals surface area contributed by atoms with E-state index >= 15 is 0 Å². The third-order valence-electron chi connectivity index (χ3n) is 13.8. The minimum Gasteiger partial charge on any atom is -0.393 e. The van der Waals surface area contributed by atoms with Crippen LogP contribution in [0.15, 0.2) is 30.3 Å². The van der Waals surface area contributed by atoms with E-state index in [-0.39, 0.29) is 65.7 Å². The number of carbonyl (C=O) groups excluding carboxylic acids is 3. The van der Waals surface area contributed by atoms with Crippen molar-refractivity contribution >= 4 is 17.7 Å². The minimum absolute atomic E-state index is 0.0753. The maximum absolute atomic E-state index is 13.2. The second kappa shape index (κ2) is 14.4. The van der Waals surface area contributed by atoms with Gasteiger partial charge in [-0.25, -0.2) is 0 Å². The standard InChI is InChI=1S/C39H60N4O5/c1-25(2)20-31(41-35(46)21-26-8-6-5-7-9-26)37(48)40-24-36(47)43-18-16-42(17-19-43)32-23-39(4)27(22-33(32)44)10-11-28-29-12-13-34(45)38(29,3)15-14-30(28)39/h5-9,25,27-34,44-45H,10-24H2,1-4H3,(H,40,48)(H,41,46)/t27-,28-,29-,30-,31-,32-,33-,34-,38-,39-/m0/s1. The van der Waals surface area contributed by atoms with Crippen LogP contribution in [0.2, 0.25) is 0 Å². The van der Waals surface area contributed by atoms with Crippen LogP contribution in [-0.2, 0) is 20.8 Å². The van der Waals surface area contributed by atoms with Crippen molar-refractivity contribution in [2.75, 3.05) is 32.7 Å². The van der Waals surface area contributed by atoms with Crippen molar-refractivity contribution in [3.8, 4) is 0 Å². The molecule has 0 aromatic heterocycles. The van der Waals surface area contributed by atoms with E-state index in [9.17, 15) is 24.6 Å². The third-order valence-corrected chi connectivity index (χ3v) is 13.8. The van der Waals surface area contributed by atoms with Crippen LogP contribution in [0, 0.1) is 40.4 Å². The number of aliphatic hydroxyl groups is 2. The minimum atomic E-state index is -0.695. The van der Waals surface area contributed by atoms with Crippen LogP contribution in [0.4, 0.5) is 0 Å². The number of hydrogen-bond donors (Lipinski definition) is 4. The van der Waals surface area contributed by atoms with Gasteiger partial charge in [0, 0.05) is 32.2 Å². The number of piperazine rings is 1. The van der Waals surface area contributed by atoms with Gasteiger partial charge in [0.1, 0.15) is 6.04 Å². The van der Waals surface area contributed by atoms with Gasteiger partial charge in [0.2, 0.25) is 17.7 Å². The zero-order valence-corrected chi connectivity index (χ0v) is 29.7. The Kier molecular flexibility index (Phi) is 10.6. The van der Waals surface area contributed by atoms with Crippen molar-refractivity contribution in [2.24, 2.45) is 40.4 Å². The zero-order chi connectivity index (χ0) is 34.2. The Hall–Kier alpha value is -2.49. The molecule has 0 bridgehead atoms. The summed E-state index contributed by atoms with van der Waals surface area (Å²) in [5.41, 5.74) is 1.16. The summed E-state index contributed by atoms with van der Waals surface area (Å²) in [6, 6.07) is 8.86. The van der Waals surface area contributed by atoms with Crippen LogP contribution < -0.4 is 10.6 Å². The Morgan fingerprint density at radius 1 is 0.917 bits per heavy atom. The van der Waals surface area contributed by atoms with Crippen LogP contribution in [0.25, 0.3) is 0 Å². The molecule has 48 heavy (non-hydrogen) atoms. The van der Waals surface area contributed by atoms with E-state index in [2.05, 4.69) is 29.4 Å². The molecule has 4 aliphatic carbocycles. The molecular weight excluding hydrogens is 604 g/mol. The first-order valence-corrected chi connectivity index (χ1v) is 18.9. The summed E-state index contributed by atoms with van der Waals surface area (Å²) in [6.07, 6.45) is 8.89. The van der Waals surface area contributed by atoms with E-state index in [0.717, 1.165) is 37.7 Å². The number of aliphatic hydroxyl groups excluding tert-OH is 2. The Labute approximate surface area is 287 Å². The summed E-state index contributed by atoms with van der Waals surface area (Å²) in [7, 11) is 0. The number of carbonyl (C=O) groups is 3. The van der Waals surface area contributed by atoms with Crippen LogP contribution in [-0.4, -0.2) is 94.7 Å². The van der Waals surface area contributed by atoms with Crippen LogP contribution in [0.3, 0.4) is 0 Å². The van der Waals surface area contributed by atoms with Crippen LogP contribution in [0.1, 0.15) is 91.0 Å². The number of amides is 3. The molecule has 1 saturated heterocycles. The fourth-order valence-corrected chi connectivity index (χ4v) is 11.1.